The Bertz CT molecular complexity index is 1100. The van der Waals surface area contributed by atoms with E-state index in [-0.39, 0.29) is 12.2 Å². The molecule has 1 aromatic heterocycles. The number of rotatable bonds is 7. The smallest absolute Gasteiger partial charge is 0.341 e. The average molecular weight is 460 g/mol. The van der Waals surface area contributed by atoms with Gasteiger partial charge in [-0.25, -0.2) is 18.6 Å². The van der Waals surface area contributed by atoms with Crippen LogP contribution in [0.25, 0.3) is 11.4 Å². The molecule has 4 rings (SSSR count). The van der Waals surface area contributed by atoms with E-state index in [4.69, 9.17) is 9.84 Å². The number of aromatic nitrogens is 2. The summed E-state index contributed by atoms with van der Waals surface area (Å²) in [7, 11) is 0. The fourth-order valence-corrected chi connectivity index (χ4v) is 4.39. The third-order valence-electron chi connectivity index (χ3n) is 5.41. The molecule has 0 spiro atoms. The Morgan fingerprint density at radius 2 is 1.88 bits per heavy atom. The summed E-state index contributed by atoms with van der Waals surface area (Å²) >= 11 is 1.32. The normalized spacial score (nSPS) is 14.6. The number of carboxylic acid groups (broad SMARTS) is 1. The second-order valence-electron chi connectivity index (χ2n) is 7.87. The van der Waals surface area contributed by atoms with E-state index in [1.54, 1.807) is 12.1 Å². The Hall–Kier alpha value is -2.91. The van der Waals surface area contributed by atoms with Crippen molar-refractivity contribution in [3.05, 3.63) is 64.2 Å². The Labute approximate surface area is 188 Å². The van der Waals surface area contributed by atoms with Crippen molar-refractivity contribution >= 4 is 17.5 Å². The molecule has 6 nitrogen and oxygen atoms in total. The largest absolute Gasteiger partial charge is 0.482 e. The summed E-state index contributed by atoms with van der Waals surface area (Å²) in [4.78, 5) is 17.6. The third-order valence-corrected chi connectivity index (χ3v) is 6.11. The fourth-order valence-electron chi connectivity index (χ4n) is 3.68. The summed E-state index contributed by atoms with van der Waals surface area (Å²) in [5.74, 6) is -2.75. The molecule has 0 radical (unpaired) electrons. The van der Waals surface area contributed by atoms with Gasteiger partial charge in [0.15, 0.2) is 12.4 Å². The van der Waals surface area contributed by atoms with E-state index >= 15 is 0 Å². The molecule has 0 fully saturated rings. The van der Waals surface area contributed by atoms with E-state index in [1.807, 2.05) is 18.2 Å². The maximum atomic E-state index is 13.4. The van der Waals surface area contributed by atoms with Gasteiger partial charge in [0.2, 0.25) is 0 Å². The van der Waals surface area contributed by atoms with Crippen LogP contribution < -0.4 is 4.74 Å². The first-order chi connectivity index (χ1) is 15.3. The van der Waals surface area contributed by atoms with Crippen molar-refractivity contribution in [2.24, 2.45) is 0 Å². The molecular formula is C23H23F2N3O3S. The number of aliphatic carboxylic acids is 1. The van der Waals surface area contributed by atoms with E-state index in [2.05, 4.69) is 14.3 Å². The molecule has 0 atom stereocenters. The SMILES string of the molecule is CC(F)(F)c1ccc(-c2nsc(CN3CCc4ccc(OCC(=O)O)cc4CC3)n2)cc1. The van der Waals surface area contributed by atoms with Crippen LogP contribution in [0.15, 0.2) is 42.5 Å². The van der Waals surface area contributed by atoms with Gasteiger partial charge in [-0.05, 0) is 47.6 Å². The van der Waals surface area contributed by atoms with Gasteiger partial charge in [0.25, 0.3) is 5.92 Å². The van der Waals surface area contributed by atoms with Gasteiger partial charge < -0.3 is 9.84 Å². The minimum Gasteiger partial charge on any atom is -0.482 e. The van der Waals surface area contributed by atoms with E-state index in [9.17, 15) is 13.6 Å². The molecule has 0 saturated heterocycles. The number of carboxylic acids is 1. The van der Waals surface area contributed by atoms with Gasteiger partial charge in [-0.1, -0.05) is 30.3 Å². The quantitative estimate of drug-likeness (QED) is 0.565. The van der Waals surface area contributed by atoms with Crippen molar-refractivity contribution < 1.29 is 23.4 Å². The van der Waals surface area contributed by atoms with Gasteiger partial charge in [-0.2, -0.15) is 4.37 Å². The molecule has 0 aliphatic carbocycles. The van der Waals surface area contributed by atoms with Gasteiger partial charge in [-0.15, -0.1) is 0 Å². The zero-order valence-corrected chi connectivity index (χ0v) is 18.4. The van der Waals surface area contributed by atoms with Crippen molar-refractivity contribution in [2.75, 3.05) is 19.7 Å². The molecule has 2 heterocycles. The van der Waals surface area contributed by atoms with E-state index in [0.717, 1.165) is 43.4 Å². The summed E-state index contributed by atoms with van der Waals surface area (Å²) in [6, 6.07) is 11.8. The van der Waals surface area contributed by atoms with Crippen molar-refractivity contribution in [3.8, 4) is 17.1 Å². The predicted molar refractivity (Wildman–Crippen MR) is 117 cm³/mol. The minimum absolute atomic E-state index is 0.0302. The topological polar surface area (TPSA) is 75.6 Å². The van der Waals surface area contributed by atoms with Crippen LogP contribution in [0.5, 0.6) is 5.75 Å². The van der Waals surface area contributed by atoms with Gasteiger partial charge in [0, 0.05) is 31.1 Å². The van der Waals surface area contributed by atoms with E-state index < -0.39 is 11.9 Å². The minimum atomic E-state index is -2.87. The number of ether oxygens (including phenoxy) is 1. The second kappa shape index (κ2) is 9.30. The highest BCUT2D eigenvalue weighted by Gasteiger charge is 2.24. The van der Waals surface area contributed by atoms with Crippen molar-refractivity contribution in [3.63, 3.8) is 0 Å². The molecule has 1 aliphatic rings. The van der Waals surface area contributed by atoms with E-state index in [0.29, 0.717) is 18.1 Å². The van der Waals surface area contributed by atoms with Crippen molar-refractivity contribution in [2.45, 2.75) is 32.2 Å². The molecule has 1 aliphatic heterocycles. The third kappa shape index (κ3) is 5.46. The predicted octanol–water partition coefficient (Wildman–Crippen LogP) is 4.38. The first-order valence-electron chi connectivity index (χ1n) is 10.3. The van der Waals surface area contributed by atoms with Crippen LogP contribution in [0.4, 0.5) is 8.78 Å². The highest BCUT2D eigenvalue weighted by atomic mass is 32.1. The molecule has 0 saturated carbocycles. The monoisotopic (exact) mass is 459 g/mol. The number of nitrogens with zero attached hydrogens (tertiary/aromatic N) is 3. The number of fused-ring (bicyclic) bond motifs is 1. The van der Waals surface area contributed by atoms with Crippen LogP contribution >= 0.6 is 11.5 Å². The number of hydrogen-bond donors (Lipinski definition) is 1. The van der Waals surface area contributed by atoms with Crippen LogP contribution in [0.1, 0.15) is 28.6 Å². The lowest BCUT2D eigenvalue weighted by molar-refractivity contribution is -0.139. The summed E-state index contributed by atoms with van der Waals surface area (Å²) in [6.07, 6.45) is 1.71. The maximum absolute atomic E-state index is 13.4. The maximum Gasteiger partial charge on any atom is 0.341 e. The second-order valence-corrected chi connectivity index (χ2v) is 8.70. The first-order valence-corrected chi connectivity index (χ1v) is 11.1. The van der Waals surface area contributed by atoms with Gasteiger partial charge in [-0.3, -0.25) is 4.90 Å². The van der Waals surface area contributed by atoms with Crippen molar-refractivity contribution in [1.29, 1.82) is 0 Å². The highest BCUT2D eigenvalue weighted by molar-refractivity contribution is 7.05. The van der Waals surface area contributed by atoms with Gasteiger partial charge in [0.1, 0.15) is 10.8 Å². The van der Waals surface area contributed by atoms with Crippen molar-refractivity contribution in [1.82, 2.24) is 14.3 Å². The number of benzene rings is 2. The summed E-state index contributed by atoms with van der Waals surface area (Å²) in [5.41, 5.74) is 3.09. The highest BCUT2D eigenvalue weighted by Crippen LogP contribution is 2.29. The fraction of sp³-hybridized carbons (Fsp3) is 0.348. The molecule has 168 valence electrons. The Morgan fingerprint density at radius 3 is 2.56 bits per heavy atom. The molecule has 0 amide bonds. The molecule has 0 unspecified atom stereocenters. The molecule has 3 aromatic rings. The zero-order valence-electron chi connectivity index (χ0n) is 17.6. The average Bonchev–Trinajstić information content (AvgIpc) is 3.13. The zero-order chi connectivity index (χ0) is 22.7. The molecule has 0 bridgehead atoms. The lowest BCUT2D eigenvalue weighted by Crippen LogP contribution is -2.25. The standard InChI is InChI=1S/C23H23F2N3O3S/c1-23(24,25)18-5-2-16(3-6-18)22-26-20(32-27-22)13-28-10-8-15-4-7-19(31-14-21(29)30)12-17(15)9-11-28/h2-7,12H,8-11,13-14H2,1H3,(H,29,30). The Morgan fingerprint density at radius 1 is 1.16 bits per heavy atom. The Balaban J connectivity index is 1.38. The number of alkyl halides is 2. The molecule has 2 aromatic carbocycles. The number of carbonyl (C=O) groups is 1. The summed E-state index contributed by atoms with van der Waals surface area (Å²) in [5, 5.41) is 9.66. The summed E-state index contributed by atoms with van der Waals surface area (Å²) < 4.78 is 36.5. The number of hydrogen-bond acceptors (Lipinski definition) is 6. The molecule has 32 heavy (non-hydrogen) atoms. The van der Waals surface area contributed by atoms with Crippen LogP contribution in [0, 0.1) is 0 Å². The summed E-state index contributed by atoms with van der Waals surface area (Å²) in [6.45, 7) is 2.90. The van der Waals surface area contributed by atoms with Crippen LogP contribution in [0.3, 0.4) is 0 Å². The molecule has 9 heteroatoms. The van der Waals surface area contributed by atoms with Crippen LogP contribution in [0.2, 0.25) is 0 Å². The van der Waals surface area contributed by atoms with Crippen LogP contribution in [-0.2, 0) is 30.1 Å². The van der Waals surface area contributed by atoms with Gasteiger partial charge >= 0.3 is 5.97 Å². The molecular weight excluding hydrogens is 436 g/mol. The number of halogens is 2. The molecule has 1 N–H and O–H groups in total. The van der Waals surface area contributed by atoms with E-state index in [1.165, 1.54) is 34.8 Å². The lowest BCUT2D eigenvalue weighted by Gasteiger charge is -2.17. The first kappa shape index (κ1) is 22.3. The van der Waals surface area contributed by atoms with Gasteiger partial charge in [0.05, 0.1) is 6.54 Å². The Kier molecular flexibility index (Phi) is 6.48. The lowest BCUT2D eigenvalue weighted by atomic mass is 10.0. The van der Waals surface area contributed by atoms with Crippen LogP contribution in [-0.4, -0.2) is 45.0 Å².